The van der Waals surface area contributed by atoms with Crippen molar-refractivity contribution in [1.82, 2.24) is 4.90 Å². The van der Waals surface area contributed by atoms with Gasteiger partial charge >= 0.3 is 0 Å². The van der Waals surface area contributed by atoms with Gasteiger partial charge in [0.2, 0.25) is 0 Å². The van der Waals surface area contributed by atoms with E-state index < -0.39 is 0 Å². The number of nitrogens with zero attached hydrogens (tertiary/aromatic N) is 1. The average molecular weight is 180 g/mol. The van der Waals surface area contributed by atoms with E-state index in [2.05, 4.69) is 4.90 Å². The summed E-state index contributed by atoms with van der Waals surface area (Å²) in [5, 5.41) is 0. The summed E-state index contributed by atoms with van der Waals surface area (Å²) in [4.78, 5) is 2.16. The molecule has 0 bridgehead atoms. The molecule has 0 aliphatic carbocycles. The van der Waals surface area contributed by atoms with Crippen molar-refractivity contribution < 1.29 is 4.74 Å². The van der Waals surface area contributed by atoms with Crippen molar-refractivity contribution >= 4 is 11.6 Å². The van der Waals surface area contributed by atoms with Gasteiger partial charge in [0.05, 0.1) is 12.7 Å². The van der Waals surface area contributed by atoms with Crippen LogP contribution in [0.4, 0.5) is 0 Å². The molecule has 2 nitrogen and oxygen atoms in total. The summed E-state index contributed by atoms with van der Waals surface area (Å²) in [7, 11) is 2.05. The molecular formula is C8H18ClNO. The van der Waals surface area contributed by atoms with E-state index in [4.69, 9.17) is 16.3 Å². The van der Waals surface area contributed by atoms with Gasteiger partial charge in [-0.05, 0) is 20.9 Å². The molecule has 0 spiro atoms. The molecule has 0 atom stereocenters. The molecule has 0 rings (SSSR count). The van der Waals surface area contributed by atoms with Gasteiger partial charge in [-0.3, -0.25) is 0 Å². The van der Waals surface area contributed by atoms with Gasteiger partial charge in [-0.2, -0.15) is 0 Å². The Bertz CT molecular complexity index is 88.2. The number of halogens is 1. The monoisotopic (exact) mass is 179 g/mol. The molecule has 0 fully saturated rings. The molecular weight excluding hydrogens is 162 g/mol. The van der Waals surface area contributed by atoms with Crippen LogP contribution in [0.2, 0.25) is 0 Å². The van der Waals surface area contributed by atoms with Crippen LogP contribution in [-0.4, -0.2) is 43.6 Å². The quantitative estimate of drug-likeness (QED) is 0.575. The topological polar surface area (TPSA) is 12.5 Å². The summed E-state index contributed by atoms with van der Waals surface area (Å²) in [5.74, 6) is 0.693. The summed E-state index contributed by atoms with van der Waals surface area (Å²) in [6.07, 6.45) is 0.333. The first kappa shape index (κ1) is 11.2. The summed E-state index contributed by atoms with van der Waals surface area (Å²) < 4.78 is 5.37. The molecule has 0 aromatic rings. The predicted octanol–water partition coefficient (Wildman–Crippen LogP) is 1.58. The summed E-state index contributed by atoms with van der Waals surface area (Å²) >= 11 is 5.56. The van der Waals surface area contributed by atoms with Crippen LogP contribution in [0.25, 0.3) is 0 Å². The first-order valence-electron chi connectivity index (χ1n) is 4.03. The Kier molecular flexibility index (Phi) is 7.02. The zero-order valence-electron chi connectivity index (χ0n) is 7.64. The van der Waals surface area contributed by atoms with E-state index >= 15 is 0 Å². The third kappa shape index (κ3) is 8.11. The highest BCUT2D eigenvalue weighted by atomic mass is 35.5. The Morgan fingerprint density at radius 3 is 2.45 bits per heavy atom. The lowest BCUT2D eigenvalue weighted by Crippen LogP contribution is -2.26. The molecule has 11 heavy (non-hydrogen) atoms. The fourth-order valence-corrected chi connectivity index (χ4v) is 0.989. The minimum absolute atomic E-state index is 0.333. The SMILES string of the molecule is CC(C)OCCN(C)CCCl. The number of rotatable bonds is 6. The van der Waals surface area contributed by atoms with Crippen molar-refractivity contribution in [3.8, 4) is 0 Å². The Morgan fingerprint density at radius 1 is 1.36 bits per heavy atom. The van der Waals surface area contributed by atoms with Crippen molar-refractivity contribution in [2.45, 2.75) is 20.0 Å². The van der Waals surface area contributed by atoms with Crippen LogP contribution in [0, 0.1) is 0 Å². The molecule has 0 amide bonds. The van der Waals surface area contributed by atoms with Gasteiger partial charge in [-0.15, -0.1) is 11.6 Å². The fraction of sp³-hybridized carbons (Fsp3) is 1.00. The third-order valence-corrected chi connectivity index (χ3v) is 1.56. The van der Waals surface area contributed by atoms with E-state index in [-0.39, 0.29) is 0 Å². The molecule has 0 heterocycles. The second-order valence-electron chi connectivity index (χ2n) is 2.91. The maximum absolute atomic E-state index is 5.56. The van der Waals surface area contributed by atoms with Crippen LogP contribution >= 0.6 is 11.6 Å². The van der Waals surface area contributed by atoms with Crippen LogP contribution in [0.15, 0.2) is 0 Å². The normalized spacial score (nSPS) is 11.5. The summed E-state index contributed by atoms with van der Waals surface area (Å²) in [6.45, 7) is 6.78. The van der Waals surface area contributed by atoms with Gasteiger partial charge < -0.3 is 9.64 Å². The summed E-state index contributed by atoms with van der Waals surface area (Å²) in [5.41, 5.74) is 0. The second-order valence-corrected chi connectivity index (χ2v) is 3.29. The third-order valence-electron chi connectivity index (χ3n) is 1.39. The van der Waals surface area contributed by atoms with Crippen molar-refractivity contribution in [2.24, 2.45) is 0 Å². The van der Waals surface area contributed by atoms with E-state index in [1.807, 2.05) is 20.9 Å². The Hall–Kier alpha value is 0.210. The minimum Gasteiger partial charge on any atom is -0.377 e. The van der Waals surface area contributed by atoms with Crippen LogP contribution in [0.3, 0.4) is 0 Å². The molecule has 0 aliphatic heterocycles. The molecule has 0 radical (unpaired) electrons. The largest absolute Gasteiger partial charge is 0.377 e. The number of alkyl halides is 1. The van der Waals surface area contributed by atoms with E-state index in [9.17, 15) is 0 Å². The molecule has 0 saturated heterocycles. The molecule has 0 aliphatic rings. The standard InChI is InChI=1S/C8H18ClNO/c1-8(2)11-7-6-10(3)5-4-9/h8H,4-7H2,1-3H3. The highest BCUT2D eigenvalue weighted by Crippen LogP contribution is 1.89. The van der Waals surface area contributed by atoms with Gasteiger partial charge in [-0.25, -0.2) is 0 Å². The highest BCUT2D eigenvalue weighted by Gasteiger charge is 1.97. The average Bonchev–Trinajstić information content (AvgIpc) is 1.87. The lowest BCUT2D eigenvalue weighted by molar-refractivity contribution is 0.0649. The molecule has 0 saturated carbocycles. The number of hydrogen-bond acceptors (Lipinski definition) is 2. The number of ether oxygens (including phenoxy) is 1. The first-order chi connectivity index (χ1) is 5.16. The van der Waals surface area contributed by atoms with E-state index in [1.54, 1.807) is 0 Å². The zero-order chi connectivity index (χ0) is 8.69. The van der Waals surface area contributed by atoms with Gasteiger partial charge in [0.15, 0.2) is 0 Å². The maximum atomic E-state index is 5.56. The van der Waals surface area contributed by atoms with Crippen LogP contribution in [0.1, 0.15) is 13.8 Å². The molecule has 0 unspecified atom stereocenters. The van der Waals surface area contributed by atoms with E-state index in [0.717, 1.165) is 19.7 Å². The van der Waals surface area contributed by atoms with E-state index in [0.29, 0.717) is 12.0 Å². The lowest BCUT2D eigenvalue weighted by Gasteiger charge is -2.15. The lowest BCUT2D eigenvalue weighted by atomic mass is 10.5. The number of likely N-dealkylation sites (N-methyl/N-ethyl adjacent to an activating group) is 1. The van der Waals surface area contributed by atoms with Crippen LogP contribution < -0.4 is 0 Å². The summed E-state index contributed by atoms with van der Waals surface area (Å²) in [6, 6.07) is 0. The fourth-order valence-electron chi connectivity index (χ4n) is 0.700. The van der Waals surface area contributed by atoms with Crippen molar-refractivity contribution in [3.05, 3.63) is 0 Å². The van der Waals surface area contributed by atoms with Crippen molar-refractivity contribution in [2.75, 3.05) is 32.6 Å². The highest BCUT2D eigenvalue weighted by molar-refractivity contribution is 6.18. The molecule has 3 heteroatoms. The Labute approximate surface area is 74.5 Å². The van der Waals surface area contributed by atoms with Gasteiger partial charge in [-0.1, -0.05) is 0 Å². The van der Waals surface area contributed by atoms with Gasteiger partial charge in [0.1, 0.15) is 0 Å². The Balaban J connectivity index is 3.10. The molecule has 0 aromatic heterocycles. The van der Waals surface area contributed by atoms with Gasteiger partial charge in [0, 0.05) is 19.0 Å². The maximum Gasteiger partial charge on any atom is 0.0596 e. The molecule has 0 N–H and O–H groups in total. The number of hydrogen-bond donors (Lipinski definition) is 0. The van der Waals surface area contributed by atoms with Crippen molar-refractivity contribution in [3.63, 3.8) is 0 Å². The smallest absolute Gasteiger partial charge is 0.0596 e. The van der Waals surface area contributed by atoms with Crippen molar-refractivity contribution in [1.29, 1.82) is 0 Å². The molecule has 0 aromatic carbocycles. The Morgan fingerprint density at radius 2 is 2.00 bits per heavy atom. The van der Waals surface area contributed by atoms with E-state index in [1.165, 1.54) is 0 Å². The predicted molar refractivity (Wildman–Crippen MR) is 49.3 cm³/mol. The van der Waals surface area contributed by atoms with Crippen LogP contribution in [0.5, 0.6) is 0 Å². The molecule has 68 valence electrons. The zero-order valence-corrected chi connectivity index (χ0v) is 8.40. The minimum atomic E-state index is 0.333. The second kappa shape index (κ2) is 6.89. The van der Waals surface area contributed by atoms with Gasteiger partial charge in [0.25, 0.3) is 0 Å². The van der Waals surface area contributed by atoms with Crippen LogP contribution in [-0.2, 0) is 4.74 Å². The first-order valence-corrected chi connectivity index (χ1v) is 4.56.